The fourth-order valence-electron chi connectivity index (χ4n) is 2.47. The number of piperazine rings is 1. The van der Waals surface area contributed by atoms with Crippen LogP contribution in [-0.4, -0.2) is 65.1 Å². The van der Waals surface area contributed by atoms with E-state index in [0.29, 0.717) is 24.6 Å². The summed E-state index contributed by atoms with van der Waals surface area (Å²) >= 11 is 0. The Bertz CT molecular complexity index is 438. The van der Waals surface area contributed by atoms with E-state index in [1.54, 1.807) is 0 Å². The second-order valence-electron chi connectivity index (χ2n) is 5.20. The first-order valence-corrected chi connectivity index (χ1v) is 7.75. The first kappa shape index (κ1) is 15.9. The summed E-state index contributed by atoms with van der Waals surface area (Å²) in [6.07, 6.45) is 0.945. The molecule has 1 amide bonds. The van der Waals surface area contributed by atoms with Crippen LogP contribution in [0.1, 0.15) is 32.0 Å². The summed E-state index contributed by atoms with van der Waals surface area (Å²) in [6.45, 7) is 10.2. The van der Waals surface area contributed by atoms with Crippen molar-refractivity contribution in [1.29, 1.82) is 0 Å². The molecule has 7 heteroatoms. The quantitative estimate of drug-likeness (QED) is 0.778. The lowest BCUT2D eigenvalue weighted by atomic mass is 10.2. The third-order valence-electron chi connectivity index (χ3n) is 3.75. The van der Waals surface area contributed by atoms with Gasteiger partial charge in [0.2, 0.25) is 11.8 Å². The number of aromatic nitrogens is 2. The molecule has 0 aliphatic carbocycles. The van der Waals surface area contributed by atoms with Gasteiger partial charge in [-0.25, -0.2) is 0 Å². The van der Waals surface area contributed by atoms with Crippen LogP contribution in [-0.2, 0) is 17.8 Å². The minimum atomic E-state index is 0.141. The van der Waals surface area contributed by atoms with Gasteiger partial charge in [0.15, 0.2) is 5.82 Å². The largest absolute Gasteiger partial charge is 0.343 e. The highest BCUT2D eigenvalue weighted by atomic mass is 16.5. The fraction of sp³-hybridized carbons (Fsp3) is 0.786. The van der Waals surface area contributed by atoms with Crippen molar-refractivity contribution in [2.75, 3.05) is 39.3 Å². The van der Waals surface area contributed by atoms with Gasteiger partial charge in [0.05, 0.1) is 6.54 Å². The van der Waals surface area contributed by atoms with Gasteiger partial charge in [-0.2, -0.15) is 4.98 Å². The Hall–Kier alpha value is -1.47. The molecule has 1 aliphatic rings. The van der Waals surface area contributed by atoms with Crippen molar-refractivity contribution in [3.05, 3.63) is 11.7 Å². The summed E-state index contributed by atoms with van der Waals surface area (Å²) in [4.78, 5) is 20.4. The van der Waals surface area contributed by atoms with Crippen molar-refractivity contribution in [1.82, 2.24) is 25.3 Å². The molecule has 0 saturated carbocycles. The fourth-order valence-corrected chi connectivity index (χ4v) is 2.47. The zero-order valence-electron chi connectivity index (χ0n) is 13.0. The van der Waals surface area contributed by atoms with Crippen molar-refractivity contribution >= 4 is 5.91 Å². The van der Waals surface area contributed by atoms with Gasteiger partial charge in [0.1, 0.15) is 0 Å². The van der Waals surface area contributed by atoms with Crippen molar-refractivity contribution in [3.8, 4) is 0 Å². The molecule has 0 aromatic carbocycles. The highest BCUT2D eigenvalue weighted by molar-refractivity contribution is 5.76. The molecular formula is C14H25N5O2. The minimum Gasteiger partial charge on any atom is -0.343 e. The molecule has 21 heavy (non-hydrogen) atoms. The van der Waals surface area contributed by atoms with E-state index in [0.717, 1.165) is 45.8 Å². The summed E-state index contributed by atoms with van der Waals surface area (Å²) < 4.78 is 5.23. The van der Waals surface area contributed by atoms with Gasteiger partial charge in [-0.15, -0.1) is 0 Å². The number of carbonyl (C=O) groups excluding carboxylic acids is 1. The smallest absolute Gasteiger partial charge is 0.227 e. The molecule has 1 N–H and O–H groups in total. The van der Waals surface area contributed by atoms with Crippen molar-refractivity contribution in [2.45, 2.75) is 33.2 Å². The Labute approximate surface area is 125 Å². The average molecular weight is 295 g/mol. The number of hydrogen-bond acceptors (Lipinski definition) is 6. The lowest BCUT2D eigenvalue weighted by Gasteiger charge is -2.25. The van der Waals surface area contributed by atoms with Crippen LogP contribution in [0, 0.1) is 0 Å². The van der Waals surface area contributed by atoms with Gasteiger partial charge in [-0.05, 0) is 13.8 Å². The molecule has 0 spiro atoms. The van der Waals surface area contributed by atoms with E-state index < -0.39 is 0 Å². The van der Waals surface area contributed by atoms with Crippen molar-refractivity contribution < 1.29 is 9.32 Å². The van der Waals surface area contributed by atoms with E-state index in [4.69, 9.17) is 4.52 Å². The van der Waals surface area contributed by atoms with E-state index in [1.165, 1.54) is 0 Å². The second kappa shape index (κ2) is 8.09. The van der Waals surface area contributed by atoms with Crippen LogP contribution in [0.5, 0.6) is 0 Å². The maximum atomic E-state index is 11.9. The van der Waals surface area contributed by atoms with E-state index in [2.05, 4.69) is 20.4 Å². The van der Waals surface area contributed by atoms with Crippen LogP contribution in [0.15, 0.2) is 4.52 Å². The number of aryl methyl sites for hydroxylation is 1. The van der Waals surface area contributed by atoms with Gasteiger partial charge >= 0.3 is 0 Å². The predicted octanol–water partition coefficient (Wildman–Crippen LogP) is 0.276. The third-order valence-corrected chi connectivity index (χ3v) is 3.75. The van der Waals surface area contributed by atoms with Crippen LogP contribution in [0.4, 0.5) is 0 Å². The average Bonchev–Trinajstić information content (AvgIpc) is 2.95. The Kier molecular flexibility index (Phi) is 6.13. The monoisotopic (exact) mass is 295 g/mol. The SMILES string of the molecule is CCN(CC)C(=O)CCc1nc(CN2CCNCC2)no1. The molecule has 1 fully saturated rings. The molecule has 1 aromatic rings. The predicted molar refractivity (Wildman–Crippen MR) is 78.7 cm³/mol. The second-order valence-corrected chi connectivity index (χ2v) is 5.20. The number of carbonyl (C=O) groups is 1. The molecule has 1 aromatic heterocycles. The van der Waals surface area contributed by atoms with Crippen LogP contribution in [0.3, 0.4) is 0 Å². The van der Waals surface area contributed by atoms with E-state index >= 15 is 0 Å². The van der Waals surface area contributed by atoms with Crippen LogP contribution < -0.4 is 5.32 Å². The van der Waals surface area contributed by atoms with Gasteiger partial charge < -0.3 is 14.7 Å². The molecule has 2 rings (SSSR count). The van der Waals surface area contributed by atoms with Crippen LogP contribution in [0.2, 0.25) is 0 Å². The first-order chi connectivity index (χ1) is 10.2. The van der Waals surface area contributed by atoms with Gasteiger partial charge in [-0.1, -0.05) is 5.16 Å². The number of rotatable bonds is 7. The number of hydrogen-bond donors (Lipinski definition) is 1. The van der Waals surface area contributed by atoms with Crippen molar-refractivity contribution in [3.63, 3.8) is 0 Å². The molecule has 0 radical (unpaired) electrons. The van der Waals surface area contributed by atoms with E-state index in [1.807, 2.05) is 18.7 Å². The van der Waals surface area contributed by atoms with Crippen LogP contribution >= 0.6 is 0 Å². The number of amides is 1. The summed E-state index contributed by atoms with van der Waals surface area (Å²) in [6, 6.07) is 0. The molecule has 118 valence electrons. The summed E-state index contributed by atoms with van der Waals surface area (Å²) in [5.74, 6) is 1.41. The zero-order valence-corrected chi connectivity index (χ0v) is 13.0. The lowest BCUT2D eigenvalue weighted by molar-refractivity contribution is -0.130. The normalized spacial score (nSPS) is 16.1. The molecule has 1 aliphatic heterocycles. The molecular weight excluding hydrogens is 270 g/mol. The number of nitrogens with one attached hydrogen (secondary N) is 1. The minimum absolute atomic E-state index is 0.141. The highest BCUT2D eigenvalue weighted by Gasteiger charge is 2.15. The number of nitrogens with zero attached hydrogens (tertiary/aromatic N) is 4. The standard InChI is InChI=1S/C14H25N5O2/c1-3-19(4-2)14(20)6-5-13-16-12(17-21-13)11-18-9-7-15-8-10-18/h15H,3-11H2,1-2H3. The van der Waals surface area contributed by atoms with Gasteiger partial charge in [0.25, 0.3) is 0 Å². The Morgan fingerprint density at radius 1 is 1.33 bits per heavy atom. The molecule has 0 bridgehead atoms. The Morgan fingerprint density at radius 2 is 2.05 bits per heavy atom. The van der Waals surface area contributed by atoms with Gasteiger partial charge in [0, 0.05) is 52.1 Å². The topological polar surface area (TPSA) is 74.5 Å². The first-order valence-electron chi connectivity index (χ1n) is 7.75. The van der Waals surface area contributed by atoms with E-state index in [-0.39, 0.29) is 5.91 Å². The maximum absolute atomic E-state index is 11.9. The Balaban J connectivity index is 1.78. The van der Waals surface area contributed by atoms with Gasteiger partial charge in [-0.3, -0.25) is 9.69 Å². The lowest BCUT2D eigenvalue weighted by Crippen LogP contribution is -2.43. The summed E-state index contributed by atoms with van der Waals surface area (Å²) in [5.41, 5.74) is 0. The van der Waals surface area contributed by atoms with Crippen molar-refractivity contribution in [2.24, 2.45) is 0 Å². The summed E-state index contributed by atoms with van der Waals surface area (Å²) in [5, 5.41) is 7.31. The highest BCUT2D eigenvalue weighted by Crippen LogP contribution is 2.06. The molecule has 1 saturated heterocycles. The molecule has 7 nitrogen and oxygen atoms in total. The molecule has 2 heterocycles. The summed E-state index contributed by atoms with van der Waals surface area (Å²) in [7, 11) is 0. The third kappa shape index (κ3) is 4.78. The molecule has 0 atom stereocenters. The Morgan fingerprint density at radius 3 is 2.71 bits per heavy atom. The van der Waals surface area contributed by atoms with E-state index in [9.17, 15) is 4.79 Å². The van der Waals surface area contributed by atoms with Crippen LogP contribution in [0.25, 0.3) is 0 Å². The maximum Gasteiger partial charge on any atom is 0.227 e. The zero-order chi connectivity index (χ0) is 15.1. The molecule has 0 unspecified atom stereocenters.